The Morgan fingerprint density at radius 3 is 1.27 bits per heavy atom. The van der Waals surface area contributed by atoms with Gasteiger partial charge in [-0.2, -0.15) is 0 Å². The summed E-state index contributed by atoms with van der Waals surface area (Å²) in [6.45, 7) is 0. The molecule has 0 aliphatic rings. The van der Waals surface area contributed by atoms with Crippen LogP contribution in [0.4, 0.5) is 0 Å². The summed E-state index contributed by atoms with van der Waals surface area (Å²) in [6, 6.07) is 0. The van der Waals surface area contributed by atoms with Crippen LogP contribution in [0.15, 0.2) is 60.8 Å². The molecule has 0 aromatic heterocycles. The minimum absolute atomic E-state index is 0.727. The van der Waals surface area contributed by atoms with Gasteiger partial charge in [-0.15, -0.1) is 12.8 Å². The summed E-state index contributed by atoms with van der Waals surface area (Å²) in [5.74, 6) is 16.0. The van der Waals surface area contributed by atoms with Crippen LogP contribution in [0.3, 0.4) is 0 Å². The van der Waals surface area contributed by atoms with Crippen molar-refractivity contribution in [3.63, 3.8) is 0 Å². The zero-order valence-corrected chi connectivity index (χ0v) is 30.0. The quantitative estimate of drug-likeness (QED) is 0.0427. The fourth-order valence-electron chi connectivity index (χ4n) is 4.99. The monoisotopic (exact) mass is 655 g/mol. The van der Waals surface area contributed by atoms with Crippen molar-refractivity contribution in [1.29, 1.82) is 0 Å². The van der Waals surface area contributed by atoms with E-state index < -0.39 is 18.3 Å². The summed E-state index contributed by atoms with van der Waals surface area (Å²) >= 11 is 0. The van der Waals surface area contributed by atoms with Crippen LogP contribution >= 0.6 is 0 Å². The Balaban J connectivity index is 3.49. The second kappa shape index (κ2) is 38.3. The normalized spacial score (nSPS) is 13.4. The number of aliphatic hydroxyl groups excluding tert-OH is 3. The van der Waals surface area contributed by atoms with Crippen LogP contribution in [0.1, 0.15) is 154 Å². The van der Waals surface area contributed by atoms with Gasteiger partial charge in [0.2, 0.25) is 0 Å². The first kappa shape index (κ1) is 44.8. The van der Waals surface area contributed by atoms with Crippen molar-refractivity contribution >= 4 is 0 Å². The molecule has 0 amide bonds. The van der Waals surface area contributed by atoms with Crippen molar-refractivity contribution in [3.8, 4) is 48.4 Å². The fourth-order valence-corrected chi connectivity index (χ4v) is 4.99. The number of rotatable bonds is 29. The van der Waals surface area contributed by atoms with Gasteiger partial charge < -0.3 is 15.3 Å². The third kappa shape index (κ3) is 37.3. The van der Waals surface area contributed by atoms with Crippen molar-refractivity contribution in [1.82, 2.24) is 0 Å². The molecule has 3 nitrogen and oxygen atoms in total. The van der Waals surface area contributed by atoms with Gasteiger partial charge >= 0.3 is 0 Å². The molecule has 0 aliphatic carbocycles. The predicted octanol–water partition coefficient (Wildman–Crippen LogP) is 10.5. The highest BCUT2D eigenvalue weighted by Crippen LogP contribution is 2.13. The van der Waals surface area contributed by atoms with Gasteiger partial charge in [0.25, 0.3) is 0 Å². The van der Waals surface area contributed by atoms with Crippen molar-refractivity contribution in [2.45, 2.75) is 172 Å². The molecule has 0 aromatic rings. The topological polar surface area (TPSA) is 60.7 Å². The first-order valence-electron chi connectivity index (χ1n) is 18.8. The molecule has 3 N–H and O–H groups in total. The molecule has 0 bridgehead atoms. The van der Waals surface area contributed by atoms with E-state index in [2.05, 4.69) is 59.8 Å². The lowest BCUT2D eigenvalue weighted by Crippen LogP contribution is -1.97. The van der Waals surface area contributed by atoms with E-state index in [0.29, 0.717) is 0 Å². The number of hydrogen-bond donors (Lipinski definition) is 3. The maximum Gasteiger partial charge on any atom is 0.176 e. The Bertz CT molecular complexity index is 1090. The van der Waals surface area contributed by atoms with Crippen LogP contribution in [0, 0.1) is 48.4 Å². The molecule has 0 saturated heterocycles. The average molecular weight is 655 g/mol. The van der Waals surface area contributed by atoms with E-state index >= 15 is 0 Å². The summed E-state index contributed by atoms with van der Waals surface area (Å²) in [5, 5.41) is 28.4. The fraction of sp³-hybridized carbons (Fsp3) is 0.600. The Morgan fingerprint density at radius 2 is 0.792 bits per heavy atom. The molecule has 0 aliphatic heterocycles. The van der Waals surface area contributed by atoms with Gasteiger partial charge in [0.15, 0.2) is 6.10 Å². The molecule has 264 valence electrons. The van der Waals surface area contributed by atoms with Gasteiger partial charge in [0, 0.05) is 6.42 Å². The summed E-state index contributed by atoms with van der Waals surface area (Å²) in [4.78, 5) is 0. The second-order valence-electron chi connectivity index (χ2n) is 12.4. The summed E-state index contributed by atoms with van der Waals surface area (Å²) in [5.41, 5.74) is 0. The first-order chi connectivity index (χ1) is 23.6. The number of hydrogen-bond acceptors (Lipinski definition) is 3. The predicted molar refractivity (Wildman–Crippen MR) is 208 cm³/mol. The summed E-state index contributed by atoms with van der Waals surface area (Å²) in [6.07, 6.45) is 56.6. The average Bonchev–Trinajstić information content (AvgIpc) is 3.09. The van der Waals surface area contributed by atoms with Gasteiger partial charge in [0.1, 0.15) is 12.2 Å². The molecule has 0 saturated carbocycles. The van der Waals surface area contributed by atoms with Crippen LogP contribution in [0.2, 0.25) is 0 Å². The van der Waals surface area contributed by atoms with Gasteiger partial charge in [0.05, 0.1) is 0 Å². The molecule has 3 unspecified atom stereocenters. The molecule has 0 fully saturated rings. The van der Waals surface area contributed by atoms with E-state index in [1.54, 1.807) is 12.2 Å². The molecule has 0 heterocycles. The Labute approximate surface area is 296 Å². The highest BCUT2D eigenvalue weighted by molar-refractivity contribution is 5.24. The van der Waals surface area contributed by atoms with Crippen LogP contribution in [-0.2, 0) is 0 Å². The van der Waals surface area contributed by atoms with E-state index in [-0.39, 0.29) is 0 Å². The second-order valence-corrected chi connectivity index (χ2v) is 12.4. The number of allylic oxidation sites excluding steroid dienone is 8. The maximum atomic E-state index is 9.87. The highest BCUT2D eigenvalue weighted by Gasteiger charge is 1.95. The third-order valence-corrected chi connectivity index (χ3v) is 7.88. The van der Waals surface area contributed by atoms with E-state index in [1.807, 2.05) is 24.3 Å². The van der Waals surface area contributed by atoms with Crippen molar-refractivity contribution < 1.29 is 15.3 Å². The van der Waals surface area contributed by atoms with Crippen molar-refractivity contribution in [2.24, 2.45) is 0 Å². The Hall–Kier alpha value is -3.18. The van der Waals surface area contributed by atoms with E-state index in [1.165, 1.54) is 89.9 Å². The molecule has 0 radical (unpaired) electrons. The standard InChI is InChI=1S/C45H66O3/c1-3-43(46)39-35-31-27-23-21-19-17-15-13-11-9-7-5-6-8-10-12-14-16-18-20-22-24-29-33-37-41-45(48)42-38-34-30-26-25-28-32-36-40-44(47)4-2/h1-2,6,8,18,20,29,33,35-36,39-40,43-48H,5,7,9-17,19,21-28,30-32,34H2. The van der Waals surface area contributed by atoms with Crippen LogP contribution in [0.25, 0.3) is 0 Å². The van der Waals surface area contributed by atoms with E-state index in [0.717, 1.165) is 64.2 Å². The Kier molecular flexibility index (Phi) is 35.7. The van der Waals surface area contributed by atoms with Gasteiger partial charge in [-0.1, -0.05) is 142 Å². The van der Waals surface area contributed by atoms with Crippen LogP contribution in [-0.4, -0.2) is 33.6 Å². The smallest absolute Gasteiger partial charge is 0.176 e. The number of terminal acetylenes is 2. The lowest BCUT2D eigenvalue weighted by atomic mass is 10.0. The van der Waals surface area contributed by atoms with Crippen LogP contribution in [0.5, 0.6) is 0 Å². The highest BCUT2D eigenvalue weighted by atomic mass is 16.3. The molecule has 0 rings (SSSR count). The molecular formula is C45H66O3. The summed E-state index contributed by atoms with van der Waals surface area (Å²) < 4.78 is 0. The lowest BCUT2D eigenvalue weighted by Gasteiger charge is -2.02. The molecule has 48 heavy (non-hydrogen) atoms. The third-order valence-electron chi connectivity index (χ3n) is 7.88. The minimum atomic E-state index is -0.888. The number of unbranched alkanes of at least 4 members (excludes halogenated alkanes) is 20. The molecule has 0 aromatic carbocycles. The van der Waals surface area contributed by atoms with Gasteiger partial charge in [-0.3, -0.25) is 0 Å². The first-order valence-corrected chi connectivity index (χ1v) is 18.8. The lowest BCUT2D eigenvalue weighted by molar-refractivity contribution is 0.280. The minimum Gasteiger partial charge on any atom is -0.377 e. The zero-order chi connectivity index (χ0) is 35.0. The Morgan fingerprint density at radius 1 is 0.417 bits per heavy atom. The van der Waals surface area contributed by atoms with Gasteiger partial charge in [-0.25, -0.2) is 0 Å². The molecule has 3 heteroatoms. The zero-order valence-electron chi connectivity index (χ0n) is 30.0. The van der Waals surface area contributed by atoms with Crippen molar-refractivity contribution in [2.75, 3.05) is 0 Å². The number of aliphatic hydroxyl groups is 3. The van der Waals surface area contributed by atoms with Crippen LogP contribution < -0.4 is 0 Å². The van der Waals surface area contributed by atoms with E-state index in [9.17, 15) is 15.3 Å². The molecular weight excluding hydrogens is 588 g/mol. The summed E-state index contributed by atoms with van der Waals surface area (Å²) in [7, 11) is 0. The molecule has 3 atom stereocenters. The molecule has 0 spiro atoms. The SMILES string of the molecule is C#CC(O)C=CCCCCCCC#CC(O)C#CC=CCCC=CCCCCC=CCCCCCCCCCCCCC=CC(O)C#C. The largest absolute Gasteiger partial charge is 0.377 e. The van der Waals surface area contributed by atoms with Gasteiger partial charge in [-0.05, 0) is 102 Å². The van der Waals surface area contributed by atoms with E-state index in [4.69, 9.17) is 12.8 Å². The maximum absolute atomic E-state index is 9.87. The van der Waals surface area contributed by atoms with Crippen molar-refractivity contribution in [3.05, 3.63) is 60.8 Å².